The van der Waals surface area contributed by atoms with Crippen molar-refractivity contribution in [2.24, 2.45) is 16.2 Å². The topological polar surface area (TPSA) is 0 Å². The van der Waals surface area contributed by atoms with E-state index >= 15 is 8.78 Å². The van der Waals surface area contributed by atoms with E-state index in [1.54, 1.807) is 22.6 Å². The predicted molar refractivity (Wildman–Crippen MR) is 85.8 cm³/mol. The maximum Gasteiger partial charge on any atom is 0.324 e. The number of rotatable bonds is 1. The van der Waals surface area contributed by atoms with Crippen molar-refractivity contribution >= 4 is 22.6 Å². The second-order valence-corrected chi connectivity index (χ2v) is 10.9. The van der Waals surface area contributed by atoms with E-state index in [0.717, 1.165) is 38.5 Å². The van der Waals surface area contributed by atoms with E-state index in [2.05, 4.69) is 6.92 Å². The largest absolute Gasteiger partial charge is 0.324 e. The summed E-state index contributed by atoms with van der Waals surface area (Å²) in [6.07, 6.45) is 6.05. The van der Waals surface area contributed by atoms with Gasteiger partial charge in [-0.1, -0.05) is 29.5 Å². The Balaban J connectivity index is 1.81. The van der Waals surface area contributed by atoms with Gasteiger partial charge in [0.15, 0.2) is 0 Å². The fraction of sp³-hybridized carbons (Fsp3) is 1.00. The van der Waals surface area contributed by atoms with E-state index in [4.69, 9.17) is 0 Å². The first-order valence-electron chi connectivity index (χ1n) is 8.48. The van der Waals surface area contributed by atoms with Gasteiger partial charge in [0, 0.05) is 5.41 Å². The van der Waals surface area contributed by atoms with Crippen LogP contribution in [-0.2, 0) is 0 Å². The fourth-order valence-electron chi connectivity index (χ4n) is 6.24. The molecule has 0 amide bonds. The monoisotopic (exact) mass is 430 g/mol. The van der Waals surface area contributed by atoms with Crippen LogP contribution in [-0.4, -0.2) is 15.3 Å². The molecule has 0 radical (unpaired) electrons. The van der Waals surface area contributed by atoms with Gasteiger partial charge in [0.05, 0.1) is 3.42 Å². The van der Waals surface area contributed by atoms with E-state index in [-0.39, 0.29) is 31.1 Å². The third-order valence-electron chi connectivity index (χ3n) is 8.09. The average Bonchev–Trinajstić information content (AvgIpc) is 2.47. The highest BCUT2D eigenvalue weighted by molar-refractivity contribution is 14.1. The fourth-order valence-corrected chi connectivity index (χ4v) is 7.12. The number of hydrogen-bond acceptors (Lipinski definition) is 0. The first-order chi connectivity index (χ1) is 10.0. The summed E-state index contributed by atoms with van der Waals surface area (Å²) in [7, 11) is 0. The van der Waals surface area contributed by atoms with E-state index in [9.17, 15) is 8.78 Å². The SMILES string of the molecule is CC12CCC(C34CCC(I)(CC3)C(F)(F)C4(F)F)(CC1)CC2. The minimum Gasteiger partial charge on any atom is -0.199 e. The lowest BCUT2D eigenvalue weighted by Crippen LogP contribution is -2.75. The molecule has 6 aliphatic carbocycles. The molecule has 0 aliphatic heterocycles. The Morgan fingerprint density at radius 2 is 1.09 bits per heavy atom. The van der Waals surface area contributed by atoms with Crippen LogP contribution in [0.15, 0.2) is 0 Å². The summed E-state index contributed by atoms with van der Waals surface area (Å²) in [6.45, 7) is 2.23. The van der Waals surface area contributed by atoms with Gasteiger partial charge < -0.3 is 0 Å². The van der Waals surface area contributed by atoms with E-state index in [1.165, 1.54) is 0 Å². The highest BCUT2D eigenvalue weighted by Gasteiger charge is 2.84. The highest BCUT2D eigenvalue weighted by atomic mass is 127. The summed E-state index contributed by atoms with van der Waals surface area (Å²) in [4.78, 5) is 0. The Hall–Kier alpha value is 0.450. The van der Waals surface area contributed by atoms with E-state index in [0.29, 0.717) is 0 Å². The van der Waals surface area contributed by atoms with Crippen LogP contribution in [0.25, 0.3) is 0 Å². The summed E-state index contributed by atoms with van der Waals surface area (Å²) in [5, 5.41) is 0. The summed E-state index contributed by atoms with van der Waals surface area (Å²) in [6, 6.07) is 0. The molecule has 0 spiro atoms. The van der Waals surface area contributed by atoms with Crippen LogP contribution in [0.5, 0.6) is 0 Å². The number of halogens is 5. The smallest absolute Gasteiger partial charge is 0.199 e. The van der Waals surface area contributed by atoms with Crippen molar-refractivity contribution in [3.05, 3.63) is 0 Å². The van der Waals surface area contributed by atoms with Gasteiger partial charge in [-0.15, -0.1) is 0 Å². The van der Waals surface area contributed by atoms with Gasteiger partial charge in [-0.3, -0.25) is 0 Å². The molecule has 0 atom stereocenters. The molecular formula is C17H23F4I. The molecule has 6 aliphatic rings. The van der Waals surface area contributed by atoms with Gasteiger partial charge in [-0.2, -0.15) is 17.6 Å². The second-order valence-electron chi connectivity index (χ2n) is 8.79. The van der Waals surface area contributed by atoms with Gasteiger partial charge in [0.2, 0.25) is 0 Å². The molecule has 0 heterocycles. The molecule has 126 valence electrons. The molecule has 0 nitrogen and oxygen atoms in total. The maximum atomic E-state index is 15.2. The van der Waals surface area contributed by atoms with Crippen molar-refractivity contribution in [1.29, 1.82) is 0 Å². The molecule has 5 heteroatoms. The highest BCUT2D eigenvalue weighted by Crippen LogP contribution is 2.78. The van der Waals surface area contributed by atoms with Crippen LogP contribution in [0.3, 0.4) is 0 Å². The number of fused-ring (bicyclic) bond motifs is 6. The molecule has 0 unspecified atom stereocenters. The molecule has 6 rings (SSSR count). The van der Waals surface area contributed by atoms with Crippen molar-refractivity contribution < 1.29 is 17.6 Å². The van der Waals surface area contributed by atoms with E-state index < -0.39 is 26.1 Å². The third kappa shape index (κ3) is 1.52. The zero-order chi connectivity index (χ0) is 16.1. The third-order valence-corrected chi connectivity index (χ3v) is 9.85. The van der Waals surface area contributed by atoms with Crippen LogP contribution in [0.1, 0.15) is 71.1 Å². The summed E-state index contributed by atoms with van der Waals surface area (Å²) in [5.74, 6) is -7.73. The zero-order valence-electron chi connectivity index (χ0n) is 13.0. The van der Waals surface area contributed by atoms with Crippen LogP contribution in [0.4, 0.5) is 17.6 Å². The van der Waals surface area contributed by atoms with Gasteiger partial charge in [0.25, 0.3) is 0 Å². The van der Waals surface area contributed by atoms with Crippen LogP contribution in [0, 0.1) is 16.2 Å². The van der Waals surface area contributed by atoms with Crippen LogP contribution >= 0.6 is 22.6 Å². The molecule has 0 aromatic heterocycles. The summed E-state index contributed by atoms with van der Waals surface area (Å²) in [5.41, 5.74) is -1.74. The first kappa shape index (κ1) is 15.9. The number of alkyl halides is 5. The molecule has 6 saturated carbocycles. The van der Waals surface area contributed by atoms with Crippen molar-refractivity contribution in [3.8, 4) is 0 Å². The van der Waals surface area contributed by atoms with Crippen molar-refractivity contribution in [2.75, 3.05) is 0 Å². The molecular weight excluding hydrogens is 407 g/mol. The van der Waals surface area contributed by atoms with Crippen molar-refractivity contribution in [2.45, 2.75) is 86.4 Å². The van der Waals surface area contributed by atoms with Gasteiger partial charge in [-0.25, -0.2) is 0 Å². The number of hydrogen-bond donors (Lipinski definition) is 0. The summed E-state index contributed by atoms with van der Waals surface area (Å²) >= 11 is 1.64. The van der Waals surface area contributed by atoms with Gasteiger partial charge in [-0.05, 0) is 75.0 Å². The van der Waals surface area contributed by atoms with Crippen molar-refractivity contribution in [1.82, 2.24) is 0 Å². The lowest BCUT2D eigenvalue weighted by atomic mass is 9.39. The van der Waals surface area contributed by atoms with Crippen LogP contribution < -0.4 is 0 Å². The standard InChI is InChI=1S/C17H23F4I/c1-12-2-5-13(6-3-12,7-4-12)14-8-10-15(22,11-9-14)17(20,21)16(14,18)19/h2-11H2,1H3. The minimum absolute atomic E-state index is 0.245. The van der Waals surface area contributed by atoms with Gasteiger partial charge in [0.1, 0.15) is 0 Å². The maximum absolute atomic E-state index is 15.2. The Bertz CT molecular complexity index is 480. The Labute approximate surface area is 142 Å². The lowest BCUT2D eigenvalue weighted by molar-refractivity contribution is -0.359. The Kier molecular flexibility index (Phi) is 3.01. The molecule has 0 aromatic carbocycles. The molecule has 22 heavy (non-hydrogen) atoms. The zero-order valence-corrected chi connectivity index (χ0v) is 15.1. The molecule has 0 N–H and O–H groups in total. The molecule has 6 fully saturated rings. The van der Waals surface area contributed by atoms with E-state index in [1.807, 2.05) is 0 Å². The van der Waals surface area contributed by atoms with Crippen LogP contribution in [0.2, 0.25) is 0 Å². The average molecular weight is 430 g/mol. The molecule has 0 saturated heterocycles. The predicted octanol–water partition coefficient (Wildman–Crippen LogP) is 6.37. The Morgan fingerprint density at radius 1 is 0.636 bits per heavy atom. The quantitative estimate of drug-likeness (QED) is 0.258. The molecule has 4 bridgehead atoms. The second kappa shape index (κ2) is 4.16. The minimum atomic E-state index is -3.87. The normalized spacial score (nSPS) is 55.4. The Morgan fingerprint density at radius 3 is 1.55 bits per heavy atom. The van der Waals surface area contributed by atoms with Gasteiger partial charge >= 0.3 is 11.8 Å². The first-order valence-corrected chi connectivity index (χ1v) is 9.56. The summed E-state index contributed by atoms with van der Waals surface area (Å²) < 4.78 is 58.2. The molecule has 0 aromatic rings. The van der Waals surface area contributed by atoms with Crippen molar-refractivity contribution in [3.63, 3.8) is 0 Å². The lowest BCUT2D eigenvalue weighted by Gasteiger charge is -2.69.